The summed E-state index contributed by atoms with van der Waals surface area (Å²) in [5.41, 5.74) is 1.61. The van der Waals surface area contributed by atoms with Gasteiger partial charge >= 0.3 is 0 Å². The van der Waals surface area contributed by atoms with E-state index in [4.69, 9.17) is 0 Å². The minimum absolute atomic E-state index is 0.0997. The number of hydrogen-bond donors (Lipinski definition) is 2. The summed E-state index contributed by atoms with van der Waals surface area (Å²) in [7, 11) is -2.30. The maximum Gasteiger partial charge on any atom is 0.257 e. The average molecular weight is 397 g/mol. The molecule has 0 atom stereocenters. The van der Waals surface area contributed by atoms with Crippen molar-refractivity contribution in [1.29, 1.82) is 0 Å². The van der Waals surface area contributed by atoms with Gasteiger partial charge in [-0.1, -0.05) is 31.1 Å². The van der Waals surface area contributed by atoms with Gasteiger partial charge in [0, 0.05) is 12.0 Å². The van der Waals surface area contributed by atoms with Gasteiger partial charge in [0.05, 0.1) is 4.90 Å². The van der Waals surface area contributed by atoms with Crippen molar-refractivity contribution in [3.63, 3.8) is 0 Å². The number of sulfonamides is 1. The summed E-state index contributed by atoms with van der Waals surface area (Å²) in [6.45, 7) is 5.63. The van der Waals surface area contributed by atoms with E-state index in [9.17, 15) is 13.2 Å². The van der Waals surface area contributed by atoms with E-state index in [1.165, 1.54) is 24.5 Å². The molecular formula is C17H24N4O3S2. The molecule has 0 radical (unpaired) electrons. The van der Waals surface area contributed by atoms with Gasteiger partial charge in [-0.05, 0) is 50.6 Å². The number of aromatic nitrogens is 2. The highest BCUT2D eigenvalue weighted by Crippen LogP contribution is 2.23. The topological polar surface area (TPSA) is 101 Å². The van der Waals surface area contributed by atoms with Gasteiger partial charge in [-0.3, -0.25) is 10.1 Å². The lowest BCUT2D eigenvalue weighted by atomic mass is 10.1. The molecule has 0 spiro atoms. The van der Waals surface area contributed by atoms with Gasteiger partial charge in [0.15, 0.2) is 0 Å². The van der Waals surface area contributed by atoms with Crippen LogP contribution >= 0.6 is 11.3 Å². The van der Waals surface area contributed by atoms with Crippen LogP contribution in [0.5, 0.6) is 0 Å². The summed E-state index contributed by atoms with van der Waals surface area (Å²) < 4.78 is 26.6. The quantitative estimate of drug-likeness (QED) is 0.668. The van der Waals surface area contributed by atoms with Crippen LogP contribution in [0.2, 0.25) is 0 Å². The highest BCUT2D eigenvalue weighted by molar-refractivity contribution is 7.89. The van der Waals surface area contributed by atoms with Gasteiger partial charge in [-0.15, -0.1) is 10.2 Å². The normalized spacial score (nSPS) is 11.5. The highest BCUT2D eigenvalue weighted by atomic mass is 32.2. The smallest absolute Gasteiger partial charge is 0.257 e. The number of anilines is 1. The molecule has 0 bridgehead atoms. The number of benzene rings is 1. The SMILES string of the molecule is CCCCCc1nnc(NC(=O)c2cc(C)c(C)c(S(=O)(=O)NC)c2)s1. The predicted molar refractivity (Wildman–Crippen MR) is 103 cm³/mol. The standard InChI is InChI=1S/C17H24N4O3S2/c1-5-6-7-8-15-20-21-17(25-15)19-16(22)13-9-11(2)12(3)14(10-13)26(23,24)18-4/h9-10,18H,5-8H2,1-4H3,(H,19,21,22). The molecule has 0 saturated carbocycles. The minimum Gasteiger partial charge on any atom is -0.296 e. The van der Waals surface area contributed by atoms with E-state index in [2.05, 4.69) is 27.2 Å². The molecule has 0 fully saturated rings. The molecule has 2 aromatic rings. The zero-order chi connectivity index (χ0) is 19.3. The van der Waals surface area contributed by atoms with E-state index in [1.54, 1.807) is 19.9 Å². The van der Waals surface area contributed by atoms with Crippen LogP contribution in [-0.2, 0) is 16.4 Å². The number of unbranched alkanes of at least 4 members (excludes halogenated alkanes) is 2. The summed E-state index contributed by atoms with van der Waals surface area (Å²) in [6.07, 6.45) is 4.15. The fourth-order valence-electron chi connectivity index (χ4n) is 2.45. The number of aryl methyl sites for hydroxylation is 2. The number of carbonyl (C=O) groups is 1. The molecule has 2 N–H and O–H groups in total. The fraction of sp³-hybridized carbons (Fsp3) is 0.471. The molecule has 1 heterocycles. The Balaban J connectivity index is 2.20. The van der Waals surface area contributed by atoms with Gasteiger partial charge in [-0.25, -0.2) is 13.1 Å². The van der Waals surface area contributed by atoms with Crippen molar-refractivity contribution in [1.82, 2.24) is 14.9 Å². The van der Waals surface area contributed by atoms with Crippen LogP contribution < -0.4 is 10.0 Å². The molecule has 1 aromatic heterocycles. The third kappa shape index (κ3) is 4.87. The molecule has 7 nitrogen and oxygen atoms in total. The minimum atomic E-state index is -3.64. The number of rotatable bonds is 8. The second kappa shape index (κ2) is 8.70. The summed E-state index contributed by atoms with van der Waals surface area (Å²) in [5.74, 6) is -0.406. The molecule has 2 rings (SSSR count). The van der Waals surface area contributed by atoms with Crippen LogP contribution in [0, 0.1) is 13.8 Å². The first-order valence-corrected chi connectivity index (χ1v) is 10.8. The van der Waals surface area contributed by atoms with E-state index in [0.717, 1.165) is 36.3 Å². The second-order valence-electron chi connectivity index (χ2n) is 6.04. The van der Waals surface area contributed by atoms with Crippen molar-refractivity contribution in [3.05, 3.63) is 33.8 Å². The molecule has 0 aliphatic carbocycles. The molecular weight excluding hydrogens is 372 g/mol. The van der Waals surface area contributed by atoms with Crippen LogP contribution in [0.1, 0.15) is 52.7 Å². The molecule has 26 heavy (non-hydrogen) atoms. The van der Waals surface area contributed by atoms with E-state index >= 15 is 0 Å². The lowest BCUT2D eigenvalue weighted by Gasteiger charge is -2.11. The first kappa shape index (κ1) is 20.5. The zero-order valence-electron chi connectivity index (χ0n) is 15.4. The number of carbonyl (C=O) groups excluding carboxylic acids is 1. The molecule has 0 aliphatic rings. The number of hydrogen-bond acceptors (Lipinski definition) is 6. The van der Waals surface area contributed by atoms with Crippen molar-refractivity contribution < 1.29 is 13.2 Å². The Hall–Kier alpha value is -1.84. The van der Waals surface area contributed by atoms with E-state index in [-0.39, 0.29) is 10.5 Å². The van der Waals surface area contributed by atoms with Gasteiger partial charge in [0.1, 0.15) is 5.01 Å². The van der Waals surface area contributed by atoms with Gasteiger partial charge in [0.25, 0.3) is 5.91 Å². The first-order chi connectivity index (χ1) is 12.3. The van der Waals surface area contributed by atoms with Crippen molar-refractivity contribution in [2.45, 2.75) is 51.3 Å². The van der Waals surface area contributed by atoms with Crippen LogP contribution in [0.4, 0.5) is 5.13 Å². The lowest BCUT2D eigenvalue weighted by Crippen LogP contribution is -2.21. The monoisotopic (exact) mass is 396 g/mol. The molecule has 0 saturated heterocycles. The van der Waals surface area contributed by atoms with Crippen LogP contribution in [0.25, 0.3) is 0 Å². The van der Waals surface area contributed by atoms with Gasteiger partial charge in [-0.2, -0.15) is 0 Å². The summed E-state index contributed by atoms with van der Waals surface area (Å²) in [4.78, 5) is 12.6. The molecule has 1 amide bonds. The van der Waals surface area contributed by atoms with E-state index in [1.807, 2.05) is 0 Å². The van der Waals surface area contributed by atoms with Gasteiger partial charge < -0.3 is 0 Å². The number of amides is 1. The predicted octanol–water partition coefficient (Wildman–Crippen LogP) is 3.05. The van der Waals surface area contributed by atoms with Gasteiger partial charge in [0.2, 0.25) is 15.2 Å². The lowest BCUT2D eigenvalue weighted by molar-refractivity contribution is 0.102. The fourth-order valence-corrected chi connectivity index (χ4v) is 4.29. The van der Waals surface area contributed by atoms with Crippen LogP contribution in [0.3, 0.4) is 0 Å². The number of nitrogens with one attached hydrogen (secondary N) is 2. The molecule has 0 aliphatic heterocycles. The Morgan fingerprint density at radius 1 is 1.19 bits per heavy atom. The second-order valence-corrected chi connectivity index (χ2v) is 8.95. The Labute approximate surface area is 158 Å². The maximum absolute atomic E-state index is 12.5. The highest BCUT2D eigenvalue weighted by Gasteiger charge is 2.20. The zero-order valence-corrected chi connectivity index (χ0v) is 17.1. The maximum atomic E-state index is 12.5. The summed E-state index contributed by atoms with van der Waals surface area (Å²) in [5, 5.41) is 12.1. The number of nitrogens with zero attached hydrogens (tertiary/aromatic N) is 2. The third-order valence-corrected chi connectivity index (χ3v) is 6.56. The van der Waals surface area contributed by atoms with Crippen LogP contribution in [-0.4, -0.2) is 31.6 Å². The van der Waals surface area contributed by atoms with Crippen molar-refractivity contribution in [2.24, 2.45) is 0 Å². The molecule has 0 unspecified atom stereocenters. The average Bonchev–Trinajstić information content (AvgIpc) is 3.04. The van der Waals surface area contributed by atoms with E-state index < -0.39 is 15.9 Å². The molecule has 9 heteroatoms. The summed E-state index contributed by atoms with van der Waals surface area (Å²) >= 11 is 1.34. The molecule has 142 valence electrons. The summed E-state index contributed by atoms with van der Waals surface area (Å²) in [6, 6.07) is 3.05. The van der Waals surface area contributed by atoms with Crippen molar-refractivity contribution >= 4 is 32.4 Å². The Bertz CT molecular complexity index is 891. The molecule has 1 aromatic carbocycles. The Morgan fingerprint density at radius 3 is 2.58 bits per heavy atom. The Morgan fingerprint density at radius 2 is 1.92 bits per heavy atom. The van der Waals surface area contributed by atoms with Crippen molar-refractivity contribution in [2.75, 3.05) is 12.4 Å². The van der Waals surface area contributed by atoms with E-state index in [0.29, 0.717) is 10.7 Å². The Kier molecular flexibility index (Phi) is 6.85. The van der Waals surface area contributed by atoms with Crippen molar-refractivity contribution in [3.8, 4) is 0 Å². The first-order valence-electron chi connectivity index (χ1n) is 8.47. The largest absolute Gasteiger partial charge is 0.296 e. The van der Waals surface area contributed by atoms with Crippen LogP contribution in [0.15, 0.2) is 17.0 Å². The third-order valence-electron chi connectivity index (χ3n) is 4.12.